The molecule has 0 saturated carbocycles. The Balaban J connectivity index is 2.60. The third-order valence-electron chi connectivity index (χ3n) is 2.28. The molecule has 0 aromatic heterocycles. The predicted octanol–water partition coefficient (Wildman–Crippen LogP) is 1.08. The van der Waals surface area contributed by atoms with Gasteiger partial charge in [-0.05, 0) is 40.0 Å². The summed E-state index contributed by atoms with van der Waals surface area (Å²) in [5.74, 6) is 0. The molecule has 0 amide bonds. The highest BCUT2D eigenvalue weighted by atomic mass is 79.9. The van der Waals surface area contributed by atoms with Gasteiger partial charge in [-0.15, -0.1) is 0 Å². The maximum absolute atomic E-state index is 11.4. The van der Waals surface area contributed by atoms with Crippen LogP contribution < -0.4 is 10.2 Å². The van der Waals surface area contributed by atoms with Gasteiger partial charge in [0.05, 0.1) is 0 Å². The number of hydrogen-bond donors (Lipinski definition) is 3. The number of anilines is 1. The van der Waals surface area contributed by atoms with E-state index in [2.05, 4.69) is 21.2 Å². The lowest BCUT2D eigenvalue weighted by Gasteiger charge is -2.07. The van der Waals surface area contributed by atoms with Gasteiger partial charge in [0.2, 0.25) is 0 Å². The van der Waals surface area contributed by atoms with Gasteiger partial charge in [-0.2, -0.15) is 0 Å². The molecule has 1 aromatic carbocycles. The minimum atomic E-state index is -3.83. The van der Waals surface area contributed by atoms with Gasteiger partial charge in [-0.1, -0.05) is 4.89 Å². The van der Waals surface area contributed by atoms with Crippen LogP contribution in [-0.2, 0) is 16.4 Å². The summed E-state index contributed by atoms with van der Waals surface area (Å²) in [6.45, 7) is 0.803. The Bertz CT molecular complexity index is 501. The van der Waals surface area contributed by atoms with Gasteiger partial charge in [-0.25, -0.2) is 8.42 Å². The lowest BCUT2D eigenvalue weighted by molar-refractivity contribution is 0.242. The van der Waals surface area contributed by atoms with Crippen molar-refractivity contribution in [2.24, 2.45) is 0 Å². The van der Waals surface area contributed by atoms with E-state index < -0.39 is 10.0 Å². The van der Waals surface area contributed by atoms with E-state index in [1.54, 1.807) is 6.07 Å². The first kappa shape index (κ1) is 10.9. The summed E-state index contributed by atoms with van der Waals surface area (Å²) in [5, 5.41) is 11.6. The first-order chi connectivity index (χ1) is 7.04. The minimum Gasteiger partial charge on any atom is -0.384 e. The Hall–Kier alpha value is -0.630. The average molecular weight is 293 g/mol. The Kier molecular flexibility index (Phi) is 2.72. The standard InChI is InChI=1S/C8H9BrN2O3S/c9-6-3-5-1-2-10-7(5)4-8(6)15(13,14)11-12/h3-4,10-12H,1-2H2. The molecule has 0 aliphatic carbocycles. The summed E-state index contributed by atoms with van der Waals surface area (Å²) in [6.07, 6.45) is 0.876. The summed E-state index contributed by atoms with van der Waals surface area (Å²) < 4.78 is 23.3. The number of benzene rings is 1. The van der Waals surface area contributed by atoms with Crippen LogP contribution >= 0.6 is 15.9 Å². The summed E-state index contributed by atoms with van der Waals surface area (Å²) in [4.78, 5) is 1.33. The Labute approximate surface area is 95.6 Å². The Morgan fingerprint density at radius 2 is 2.20 bits per heavy atom. The number of halogens is 1. The molecule has 0 bridgehead atoms. The highest BCUT2D eigenvalue weighted by Crippen LogP contribution is 2.31. The van der Waals surface area contributed by atoms with Crippen LogP contribution in [0.1, 0.15) is 5.56 Å². The fraction of sp³-hybridized carbons (Fsp3) is 0.250. The van der Waals surface area contributed by atoms with Crippen molar-refractivity contribution in [3.8, 4) is 0 Å². The number of nitrogens with one attached hydrogen (secondary N) is 2. The summed E-state index contributed by atoms with van der Waals surface area (Å²) in [5.41, 5.74) is 1.87. The first-order valence-corrected chi connectivity index (χ1v) is 6.54. The van der Waals surface area contributed by atoms with Crippen molar-refractivity contribution < 1.29 is 13.6 Å². The van der Waals surface area contributed by atoms with Gasteiger partial charge >= 0.3 is 0 Å². The Morgan fingerprint density at radius 3 is 2.87 bits per heavy atom. The van der Waals surface area contributed by atoms with Crippen LogP contribution in [0.15, 0.2) is 21.5 Å². The molecular formula is C8H9BrN2O3S. The van der Waals surface area contributed by atoms with Crippen molar-refractivity contribution in [1.82, 2.24) is 4.89 Å². The van der Waals surface area contributed by atoms with Crippen LogP contribution in [0, 0.1) is 0 Å². The molecule has 0 spiro atoms. The highest BCUT2D eigenvalue weighted by Gasteiger charge is 2.21. The predicted molar refractivity (Wildman–Crippen MR) is 58.4 cm³/mol. The molecular weight excluding hydrogens is 284 g/mol. The fourth-order valence-corrected chi connectivity index (χ4v) is 3.27. The van der Waals surface area contributed by atoms with Gasteiger partial charge in [0.15, 0.2) is 0 Å². The molecule has 7 heteroatoms. The fourth-order valence-electron chi connectivity index (χ4n) is 1.55. The van der Waals surface area contributed by atoms with E-state index in [-0.39, 0.29) is 4.90 Å². The van der Waals surface area contributed by atoms with Crippen LogP contribution in [0.5, 0.6) is 0 Å². The van der Waals surface area contributed by atoms with Crippen molar-refractivity contribution in [2.75, 3.05) is 11.9 Å². The summed E-state index contributed by atoms with van der Waals surface area (Å²) in [6, 6.07) is 3.25. The van der Waals surface area contributed by atoms with Crippen LogP contribution in [0.25, 0.3) is 0 Å². The molecule has 0 fully saturated rings. The molecule has 82 valence electrons. The molecule has 0 saturated heterocycles. The largest absolute Gasteiger partial charge is 0.384 e. The van der Waals surface area contributed by atoms with E-state index in [0.29, 0.717) is 4.47 Å². The molecule has 1 aliphatic rings. The van der Waals surface area contributed by atoms with Gasteiger partial charge in [0.1, 0.15) is 4.90 Å². The molecule has 1 aromatic rings. The van der Waals surface area contributed by atoms with Crippen molar-refractivity contribution >= 4 is 31.6 Å². The van der Waals surface area contributed by atoms with Crippen LogP contribution in [-0.4, -0.2) is 20.2 Å². The van der Waals surface area contributed by atoms with Gasteiger partial charge < -0.3 is 10.5 Å². The molecule has 15 heavy (non-hydrogen) atoms. The molecule has 0 atom stereocenters. The zero-order valence-corrected chi connectivity index (χ0v) is 10.0. The summed E-state index contributed by atoms with van der Waals surface area (Å²) >= 11 is 3.17. The van der Waals surface area contributed by atoms with Crippen molar-refractivity contribution in [1.29, 1.82) is 0 Å². The first-order valence-electron chi connectivity index (χ1n) is 4.27. The summed E-state index contributed by atoms with van der Waals surface area (Å²) in [7, 11) is -3.83. The van der Waals surface area contributed by atoms with Crippen molar-refractivity contribution in [2.45, 2.75) is 11.3 Å². The molecule has 5 nitrogen and oxygen atoms in total. The van der Waals surface area contributed by atoms with Crippen molar-refractivity contribution in [3.05, 3.63) is 22.2 Å². The second-order valence-electron chi connectivity index (χ2n) is 3.21. The Morgan fingerprint density at radius 1 is 1.47 bits per heavy atom. The third-order valence-corrected chi connectivity index (χ3v) is 4.35. The maximum Gasteiger partial charge on any atom is 0.263 e. The molecule has 1 heterocycles. The van der Waals surface area contributed by atoms with Gasteiger partial charge in [0.25, 0.3) is 10.0 Å². The molecule has 0 radical (unpaired) electrons. The highest BCUT2D eigenvalue weighted by molar-refractivity contribution is 9.10. The van der Waals surface area contributed by atoms with E-state index in [9.17, 15) is 8.42 Å². The van der Waals surface area contributed by atoms with E-state index in [1.807, 2.05) is 0 Å². The SMILES string of the molecule is O=S(=O)(NO)c1cc2c(cc1Br)CCN2. The van der Waals surface area contributed by atoms with E-state index in [0.717, 1.165) is 24.2 Å². The maximum atomic E-state index is 11.4. The zero-order valence-electron chi connectivity index (χ0n) is 7.62. The van der Waals surface area contributed by atoms with Crippen LogP contribution in [0.3, 0.4) is 0 Å². The van der Waals surface area contributed by atoms with Crippen LogP contribution in [0.4, 0.5) is 5.69 Å². The van der Waals surface area contributed by atoms with Gasteiger partial charge in [0, 0.05) is 16.7 Å². The number of hydrogen-bond acceptors (Lipinski definition) is 4. The van der Waals surface area contributed by atoms with E-state index in [4.69, 9.17) is 5.21 Å². The number of rotatable bonds is 2. The topological polar surface area (TPSA) is 78.4 Å². The molecule has 3 N–H and O–H groups in total. The molecule has 1 aliphatic heterocycles. The average Bonchev–Trinajstić information content (AvgIpc) is 2.63. The minimum absolute atomic E-state index is 0.0261. The number of fused-ring (bicyclic) bond motifs is 1. The molecule has 2 rings (SSSR count). The van der Waals surface area contributed by atoms with Gasteiger partial charge in [-0.3, -0.25) is 0 Å². The lowest BCUT2D eigenvalue weighted by atomic mass is 10.2. The second-order valence-corrected chi connectivity index (χ2v) is 5.69. The second kappa shape index (κ2) is 3.75. The number of sulfonamides is 1. The quantitative estimate of drug-likeness (QED) is 0.713. The molecule has 0 unspecified atom stereocenters. The monoisotopic (exact) mass is 292 g/mol. The third kappa shape index (κ3) is 1.87. The van der Waals surface area contributed by atoms with E-state index in [1.165, 1.54) is 11.0 Å². The normalized spacial score (nSPS) is 14.8. The lowest BCUT2D eigenvalue weighted by Crippen LogP contribution is -2.19. The van der Waals surface area contributed by atoms with E-state index >= 15 is 0 Å². The van der Waals surface area contributed by atoms with Crippen molar-refractivity contribution in [3.63, 3.8) is 0 Å². The smallest absolute Gasteiger partial charge is 0.263 e. The van der Waals surface area contributed by atoms with Crippen LogP contribution in [0.2, 0.25) is 0 Å². The zero-order chi connectivity index (χ0) is 11.1.